The molecule has 2 aromatic carbocycles. The van der Waals surface area contributed by atoms with Crippen molar-refractivity contribution in [3.8, 4) is 23.1 Å². The summed E-state index contributed by atoms with van der Waals surface area (Å²) in [5.74, 6) is 1.91. The molecule has 9 nitrogen and oxygen atoms in total. The first-order chi connectivity index (χ1) is 17.3. The number of aromatic nitrogens is 4. The van der Waals surface area contributed by atoms with Crippen LogP contribution in [0, 0.1) is 0 Å². The Balaban J connectivity index is 1.75. The third kappa shape index (κ3) is 3.23. The van der Waals surface area contributed by atoms with Gasteiger partial charge in [0, 0.05) is 11.0 Å². The van der Waals surface area contributed by atoms with Crippen molar-refractivity contribution in [3.05, 3.63) is 81.7 Å². The summed E-state index contributed by atoms with van der Waals surface area (Å²) in [4.78, 5) is 23.0. The van der Waals surface area contributed by atoms with E-state index in [1.54, 1.807) is 37.2 Å². The first-order valence-electron chi connectivity index (χ1n) is 11.5. The molecule has 0 bridgehead atoms. The molecule has 9 heteroatoms. The highest BCUT2D eigenvalue weighted by Gasteiger charge is 2.39. The molecule has 0 spiro atoms. The van der Waals surface area contributed by atoms with Gasteiger partial charge in [0.05, 0.1) is 36.7 Å². The van der Waals surface area contributed by atoms with Crippen molar-refractivity contribution in [2.24, 2.45) is 0 Å². The Labute approximate surface area is 206 Å². The average molecular weight is 485 g/mol. The zero-order chi connectivity index (χ0) is 25.2. The lowest BCUT2D eigenvalue weighted by Crippen LogP contribution is -2.22. The van der Waals surface area contributed by atoms with Crippen molar-refractivity contribution in [2.45, 2.75) is 32.1 Å². The van der Waals surface area contributed by atoms with E-state index in [1.807, 2.05) is 51.1 Å². The Morgan fingerprint density at radius 2 is 1.83 bits per heavy atom. The van der Waals surface area contributed by atoms with Gasteiger partial charge in [0.15, 0.2) is 17.2 Å². The van der Waals surface area contributed by atoms with Gasteiger partial charge in [-0.25, -0.2) is 19.3 Å². The Morgan fingerprint density at radius 1 is 1.03 bits per heavy atom. The number of hydrogen-bond acceptors (Lipinski definition) is 8. The Hall–Kier alpha value is -4.40. The second-order valence-electron chi connectivity index (χ2n) is 9.69. The first-order valence-corrected chi connectivity index (χ1v) is 11.5. The highest BCUT2D eigenvalue weighted by atomic mass is 16.5. The molecule has 6 rings (SSSR count). The summed E-state index contributed by atoms with van der Waals surface area (Å²) in [5, 5.41) is 5.32. The van der Waals surface area contributed by atoms with Crippen LogP contribution >= 0.6 is 0 Å². The van der Waals surface area contributed by atoms with Crippen LogP contribution < -0.4 is 19.8 Å². The minimum absolute atomic E-state index is 0.301. The summed E-state index contributed by atoms with van der Waals surface area (Å²) >= 11 is 0. The highest BCUT2D eigenvalue weighted by molar-refractivity contribution is 5.87. The molecule has 0 N–H and O–H groups in total. The molecule has 182 valence electrons. The van der Waals surface area contributed by atoms with Crippen molar-refractivity contribution < 1.29 is 18.6 Å². The standard InChI is InChI=1S/C27H24N4O5/c1-27(2,3)26-29-23-21-19(16-12-14(33-4)10-11-17(16)34-5)20-22(36-24(21)28-13-31(23)30-26)15-8-6-7-9-18(15)35-25(20)32/h6-13,19H,1-5H3. The number of ether oxygens (including phenoxy) is 3. The van der Waals surface area contributed by atoms with Gasteiger partial charge in [-0.3, -0.25) is 0 Å². The quantitative estimate of drug-likeness (QED) is 0.329. The molecule has 0 saturated heterocycles. The lowest BCUT2D eigenvalue weighted by molar-refractivity contribution is 0.392. The number of fused-ring (bicyclic) bond motifs is 6. The van der Waals surface area contributed by atoms with Gasteiger partial charge in [-0.2, -0.15) is 0 Å². The van der Waals surface area contributed by atoms with E-state index in [1.165, 1.54) is 0 Å². The molecule has 0 amide bonds. The van der Waals surface area contributed by atoms with Gasteiger partial charge in [0.1, 0.15) is 23.4 Å². The first kappa shape index (κ1) is 22.1. The lowest BCUT2D eigenvalue weighted by atomic mass is 9.83. The van der Waals surface area contributed by atoms with Crippen molar-refractivity contribution in [1.29, 1.82) is 0 Å². The van der Waals surface area contributed by atoms with E-state index < -0.39 is 11.5 Å². The van der Waals surface area contributed by atoms with E-state index in [0.29, 0.717) is 62.3 Å². The molecule has 0 aliphatic carbocycles. The maximum absolute atomic E-state index is 13.5. The smallest absolute Gasteiger partial charge is 0.344 e. The molecule has 4 heterocycles. The monoisotopic (exact) mass is 484 g/mol. The number of para-hydroxylation sites is 1. The zero-order valence-electron chi connectivity index (χ0n) is 20.5. The summed E-state index contributed by atoms with van der Waals surface area (Å²) in [6.45, 7) is 6.12. The molecule has 5 aromatic rings. The summed E-state index contributed by atoms with van der Waals surface area (Å²) < 4.78 is 25.0. The SMILES string of the molecule is COc1ccc(OC)c(C2c3c(c4ccccc4oc3=O)Oc3ncn4nc(C(C)(C)C)nc4c32)c1. The van der Waals surface area contributed by atoms with Crippen molar-refractivity contribution in [2.75, 3.05) is 14.2 Å². The number of rotatable bonds is 3. The van der Waals surface area contributed by atoms with Crippen LogP contribution in [-0.4, -0.2) is 33.8 Å². The Kier molecular flexibility index (Phi) is 4.79. The molecular weight excluding hydrogens is 460 g/mol. The molecule has 3 aromatic heterocycles. The van der Waals surface area contributed by atoms with Gasteiger partial charge >= 0.3 is 5.63 Å². The van der Waals surface area contributed by atoms with E-state index in [0.717, 1.165) is 0 Å². The summed E-state index contributed by atoms with van der Waals surface area (Å²) in [7, 11) is 3.18. The van der Waals surface area contributed by atoms with E-state index in [-0.39, 0.29) is 5.41 Å². The van der Waals surface area contributed by atoms with Crippen LogP contribution in [0.1, 0.15) is 49.2 Å². The van der Waals surface area contributed by atoms with Gasteiger partial charge in [0.25, 0.3) is 0 Å². The molecule has 0 fully saturated rings. The second-order valence-corrected chi connectivity index (χ2v) is 9.69. The van der Waals surface area contributed by atoms with Crippen LogP contribution in [0.3, 0.4) is 0 Å². The third-order valence-corrected chi connectivity index (χ3v) is 6.38. The molecular formula is C27H24N4O5. The number of nitrogens with zero attached hydrogens (tertiary/aromatic N) is 4. The number of methoxy groups -OCH3 is 2. The summed E-state index contributed by atoms with van der Waals surface area (Å²) in [5.41, 5.74) is 1.79. The lowest BCUT2D eigenvalue weighted by Gasteiger charge is -2.28. The van der Waals surface area contributed by atoms with Crippen LogP contribution in [-0.2, 0) is 5.41 Å². The van der Waals surface area contributed by atoms with Crippen LogP contribution in [0.2, 0.25) is 0 Å². The molecule has 0 radical (unpaired) electrons. The van der Waals surface area contributed by atoms with E-state index in [2.05, 4.69) is 10.1 Å². The van der Waals surface area contributed by atoms with Crippen molar-refractivity contribution >= 4 is 16.6 Å². The molecule has 1 unspecified atom stereocenters. The molecule has 1 atom stereocenters. The fourth-order valence-electron chi connectivity index (χ4n) is 4.62. The molecule has 1 aliphatic heterocycles. The van der Waals surface area contributed by atoms with E-state index >= 15 is 0 Å². The predicted molar refractivity (Wildman–Crippen MR) is 133 cm³/mol. The van der Waals surface area contributed by atoms with E-state index in [4.69, 9.17) is 23.6 Å². The van der Waals surface area contributed by atoms with Crippen LogP contribution in [0.5, 0.6) is 23.1 Å². The fraction of sp³-hybridized carbons (Fsp3) is 0.259. The molecule has 36 heavy (non-hydrogen) atoms. The van der Waals surface area contributed by atoms with Crippen molar-refractivity contribution in [1.82, 2.24) is 19.6 Å². The third-order valence-electron chi connectivity index (χ3n) is 6.38. The summed E-state index contributed by atoms with van der Waals surface area (Å²) in [6, 6.07) is 12.7. The van der Waals surface area contributed by atoms with Crippen LogP contribution in [0.4, 0.5) is 0 Å². The minimum Gasteiger partial charge on any atom is -0.497 e. The van der Waals surface area contributed by atoms with Gasteiger partial charge in [-0.1, -0.05) is 32.9 Å². The van der Waals surface area contributed by atoms with Gasteiger partial charge in [0.2, 0.25) is 5.88 Å². The van der Waals surface area contributed by atoms with Crippen molar-refractivity contribution in [3.63, 3.8) is 0 Å². The van der Waals surface area contributed by atoms with Gasteiger partial charge in [-0.15, -0.1) is 5.10 Å². The fourth-order valence-corrected chi connectivity index (χ4v) is 4.62. The highest BCUT2D eigenvalue weighted by Crippen LogP contribution is 2.51. The normalized spacial score (nSPS) is 14.9. The van der Waals surface area contributed by atoms with Crippen LogP contribution in [0.15, 0.2) is 58.0 Å². The largest absolute Gasteiger partial charge is 0.497 e. The average Bonchev–Trinajstić information content (AvgIpc) is 3.33. The topological polar surface area (TPSA) is 101 Å². The number of hydrogen-bond donors (Lipinski definition) is 0. The molecule has 1 aliphatic rings. The van der Waals surface area contributed by atoms with Crippen LogP contribution in [0.25, 0.3) is 16.6 Å². The predicted octanol–water partition coefficient (Wildman–Crippen LogP) is 4.83. The Morgan fingerprint density at radius 3 is 2.58 bits per heavy atom. The summed E-state index contributed by atoms with van der Waals surface area (Å²) in [6.07, 6.45) is 1.58. The molecule has 0 saturated carbocycles. The van der Waals surface area contributed by atoms with E-state index in [9.17, 15) is 4.79 Å². The maximum Gasteiger partial charge on any atom is 0.344 e. The minimum atomic E-state index is -0.664. The maximum atomic E-state index is 13.5. The Bertz CT molecular complexity index is 1710. The van der Waals surface area contributed by atoms with Gasteiger partial charge in [-0.05, 0) is 30.3 Å². The zero-order valence-corrected chi connectivity index (χ0v) is 20.5. The number of benzene rings is 2. The van der Waals surface area contributed by atoms with Gasteiger partial charge < -0.3 is 18.6 Å². The second kappa shape index (κ2) is 7.81.